The largest absolute Gasteiger partial charge is 0.508 e. The van der Waals surface area contributed by atoms with E-state index in [4.69, 9.17) is 0 Å². The second-order valence-electron chi connectivity index (χ2n) is 5.63. The SMILES string of the molecule is Cc1cc(C(C)C)c(O)cc1C(C)(C)C. The summed E-state index contributed by atoms with van der Waals surface area (Å²) in [6, 6.07) is 4.03. The number of phenols is 1. The summed E-state index contributed by atoms with van der Waals surface area (Å²) in [4.78, 5) is 0. The Morgan fingerprint density at radius 1 is 1.13 bits per heavy atom. The lowest BCUT2D eigenvalue weighted by Gasteiger charge is -2.23. The minimum Gasteiger partial charge on any atom is -0.508 e. The average Bonchev–Trinajstić information content (AvgIpc) is 2.06. The molecule has 0 atom stereocenters. The molecule has 0 radical (unpaired) electrons. The van der Waals surface area contributed by atoms with Crippen LogP contribution in [0.15, 0.2) is 12.1 Å². The van der Waals surface area contributed by atoms with E-state index in [2.05, 4.69) is 47.6 Å². The lowest BCUT2D eigenvalue weighted by Crippen LogP contribution is -2.13. The Bertz CT molecular complexity index is 356. The van der Waals surface area contributed by atoms with Crippen LogP contribution < -0.4 is 0 Å². The Labute approximate surface area is 93.1 Å². The zero-order chi connectivity index (χ0) is 11.8. The fraction of sp³-hybridized carbons (Fsp3) is 0.571. The number of aromatic hydroxyl groups is 1. The zero-order valence-electron chi connectivity index (χ0n) is 10.7. The molecule has 0 spiro atoms. The van der Waals surface area contributed by atoms with E-state index in [1.807, 2.05) is 6.07 Å². The molecule has 0 amide bonds. The fourth-order valence-corrected chi connectivity index (χ4v) is 1.99. The third kappa shape index (κ3) is 2.53. The standard InChI is InChI=1S/C14H22O/c1-9(2)11-7-10(3)12(8-13(11)15)14(4,5)6/h7-9,15H,1-6H3. The van der Waals surface area contributed by atoms with Crippen molar-refractivity contribution < 1.29 is 5.11 Å². The highest BCUT2D eigenvalue weighted by Crippen LogP contribution is 2.34. The normalized spacial score (nSPS) is 12.2. The molecule has 0 heterocycles. The van der Waals surface area contributed by atoms with Crippen LogP contribution in [0.5, 0.6) is 5.75 Å². The summed E-state index contributed by atoms with van der Waals surface area (Å²) in [5.41, 5.74) is 3.63. The van der Waals surface area contributed by atoms with Gasteiger partial charge in [-0.05, 0) is 41.0 Å². The smallest absolute Gasteiger partial charge is 0.119 e. The second kappa shape index (κ2) is 3.88. The van der Waals surface area contributed by atoms with E-state index in [1.165, 1.54) is 11.1 Å². The summed E-state index contributed by atoms with van der Waals surface area (Å²) in [6.07, 6.45) is 0. The number of benzene rings is 1. The van der Waals surface area contributed by atoms with Gasteiger partial charge in [0.05, 0.1) is 0 Å². The molecule has 84 valence electrons. The monoisotopic (exact) mass is 206 g/mol. The van der Waals surface area contributed by atoms with Crippen molar-refractivity contribution >= 4 is 0 Å². The topological polar surface area (TPSA) is 20.2 Å². The number of phenolic OH excluding ortho intramolecular Hbond substituents is 1. The van der Waals surface area contributed by atoms with Gasteiger partial charge in [-0.2, -0.15) is 0 Å². The fourth-order valence-electron chi connectivity index (χ4n) is 1.99. The summed E-state index contributed by atoms with van der Waals surface area (Å²) in [6.45, 7) is 12.8. The molecular formula is C14H22O. The number of hydrogen-bond donors (Lipinski definition) is 1. The maximum absolute atomic E-state index is 9.95. The van der Waals surface area contributed by atoms with Gasteiger partial charge in [0, 0.05) is 0 Å². The summed E-state index contributed by atoms with van der Waals surface area (Å²) >= 11 is 0. The number of rotatable bonds is 1. The van der Waals surface area contributed by atoms with Crippen LogP contribution in [-0.2, 0) is 5.41 Å². The van der Waals surface area contributed by atoms with Gasteiger partial charge in [0.2, 0.25) is 0 Å². The molecule has 0 saturated carbocycles. The van der Waals surface area contributed by atoms with Gasteiger partial charge in [-0.1, -0.05) is 40.7 Å². The molecule has 0 bridgehead atoms. The molecule has 15 heavy (non-hydrogen) atoms. The van der Waals surface area contributed by atoms with Crippen LogP contribution in [0.3, 0.4) is 0 Å². The van der Waals surface area contributed by atoms with E-state index in [0.717, 1.165) is 5.56 Å². The Morgan fingerprint density at radius 3 is 2.07 bits per heavy atom. The van der Waals surface area contributed by atoms with E-state index < -0.39 is 0 Å². The lowest BCUT2D eigenvalue weighted by molar-refractivity contribution is 0.460. The van der Waals surface area contributed by atoms with E-state index in [1.54, 1.807) is 0 Å². The van der Waals surface area contributed by atoms with Gasteiger partial charge in [0.1, 0.15) is 5.75 Å². The van der Waals surface area contributed by atoms with Crippen LogP contribution in [0.25, 0.3) is 0 Å². The van der Waals surface area contributed by atoms with Gasteiger partial charge in [-0.25, -0.2) is 0 Å². The molecule has 1 aromatic carbocycles. The lowest BCUT2D eigenvalue weighted by atomic mass is 9.82. The first-order valence-corrected chi connectivity index (χ1v) is 5.57. The molecule has 0 fully saturated rings. The molecule has 0 unspecified atom stereocenters. The predicted octanol–water partition coefficient (Wildman–Crippen LogP) is 4.12. The Hall–Kier alpha value is -0.980. The maximum atomic E-state index is 9.95. The first kappa shape index (κ1) is 12.1. The molecule has 1 nitrogen and oxygen atoms in total. The minimum atomic E-state index is 0.0943. The van der Waals surface area contributed by atoms with Crippen molar-refractivity contribution in [2.24, 2.45) is 0 Å². The van der Waals surface area contributed by atoms with Crippen LogP contribution in [0.2, 0.25) is 0 Å². The highest BCUT2D eigenvalue weighted by Gasteiger charge is 2.19. The van der Waals surface area contributed by atoms with Crippen molar-refractivity contribution in [2.75, 3.05) is 0 Å². The average molecular weight is 206 g/mol. The summed E-state index contributed by atoms with van der Waals surface area (Å²) < 4.78 is 0. The molecule has 1 aromatic rings. The molecule has 1 N–H and O–H groups in total. The van der Waals surface area contributed by atoms with Gasteiger partial charge >= 0.3 is 0 Å². The molecule has 0 aliphatic heterocycles. The van der Waals surface area contributed by atoms with Crippen LogP contribution in [0.4, 0.5) is 0 Å². The van der Waals surface area contributed by atoms with E-state index in [9.17, 15) is 5.11 Å². The highest BCUT2D eigenvalue weighted by atomic mass is 16.3. The van der Waals surface area contributed by atoms with Gasteiger partial charge in [-0.15, -0.1) is 0 Å². The molecule has 0 aromatic heterocycles. The van der Waals surface area contributed by atoms with Gasteiger partial charge in [0.15, 0.2) is 0 Å². The molecule has 1 rings (SSSR count). The minimum absolute atomic E-state index is 0.0943. The Kier molecular flexibility index (Phi) is 3.13. The maximum Gasteiger partial charge on any atom is 0.119 e. The molecule has 0 aliphatic rings. The summed E-state index contributed by atoms with van der Waals surface area (Å²) in [7, 11) is 0. The zero-order valence-corrected chi connectivity index (χ0v) is 10.7. The van der Waals surface area contributed by atoms with Crippen molar-refractivity contribution in [1.29, 1.82) is 0 Å². The van der Waals surface area contributed by atoms with Crippen molar-refractivity contribution in [3.05, 3.63) is 28.8 Å². The van der Waals surface area contributed by atoms with Gasteiger partial charge in [-0.3, -0.25) is 0 Å². The van der Waals surface area contributed by atoms with E-state index in [0.29, 0.717) is 11.7 Å². The third-order valence-corrected chi connectivity index (χ3v) is 2.80. The van der Waals surface area contributed by atoms with Crippen LogP contribution in [0.1, 0.15) is 57.2 Å². The predicted molar refractivity (Wildman–Crippen MR) is 65.6 cm³/mol. The van der Waals surface area contributed by atoms with Gasteiger partial charge < -0.3 is 5.11 Å². The van der Waals surface area contributed by atoms with E-state index in [-0.39, 0.29) is 5.41 Å². The van der Waals surface area contributed by atoms with Crippen molar-refractivity contribution in [1.82, 2.24) is 0 Å². The number of aryl methyl sites for hydroxylation is 1. The Morgan fingerprint density at radius 2 is 1.67 bits per heavy atom. The second-order valence-corrected chi connectivity index (χ2v) is 5.63. The highest BCUT2D eigenvalue weighted by molar-refractivity contribution is 5.45. The molecule has 0 saturated heterocycles. The number of hydrogen-bond acceptors (Lipinski definition) is 1. The van der Waals surface area contributed by atoms with Crippen LogP contribution in [0, 0.1) is 6.92 Å². The summed E-state index contributed by atoms with van der Waals surface area (Å²) in [5, 5.41) is 9.95. The van der Waals surface area contributed by atoms with Crippen LogP contribution >= 0.6 is 0 Å². The quantitative estimate of drug-likeness (QED) is 0.732. The van der Waals surface area contributed by atoms with Crippen molar-refractivity contribution in [2.45, 2.75) is 52.9 Å². The van der Waals surface area contributed by atoms with E-state index >= 15 is 0 Å². The van der Waals surface area contributed by atoms with Crippen molar-refractivity contribution in [3.8, 4) is 5.75 Å². The summed E-state index contributed by atoms with van der Waals surface area (Å²) in [5.74, 6) is 0.804. The third-order valence-electron chi connectivity index (χ3n) is 2.80. The first-order chi connectivity index (χ1) is 6.73. The first-order valence-electron chi connectivity index (χ1n) is 5.57. The van der Waals surface area contributed by atoms with Crippen molar-refractivity contribution in [3.63, 3.8) is 0 Å². The van der Waals surface area contributed by atoms with Crippen LogP contribution in [-0.4, -0.2) is 5.11 Å². The molecule has 1 heteroatoms. The molecule has 0 aliphatic carbocycles. The Balaban J connectivity index is 3.32. The molecular weight excluding hydrogens is 184 g/mol. The van der Waals surface area contributed by atoms with Gasteiger partial charge in [0.25, 0.3) is 0 Å².